The van der Waals surface area contributed by atoms with E-state index in [2.05, 4.69) is 0 Å². The average Bonchev–Trinajstić information content (AvgIpc) is 2.34. The van der Waals surface area contributed by atoms with Gasteiger partial charge in [-0.2, -0.15) is 13.2 Å². The molecule has 0 saturated heterocycles. The van der Waals surface area contributed by atoms with Gasteiger partial charge in [-0.15, -0.1) is 0 Å². The van der Waals surface area contributed by atoms with Gasteiger partial charge >= 0.3 is 6.18 Å². The molecule has 1 aromatic rings. The second-order valence-electron chi connectivity index (χ2n) is 4.45. The van der Waals surface area contributed by atoms with Crippen LogP contribution in [0.4, 0.5) is 18.9 Å². The first-order chi connectivity index (χ1) is 8.75. The predicted octanol–water partition coefficient (Wildman–Crippen LogP) is 2.80. The molecule has 0 aliphatic carbocycles. The maximum atomic E-state index is 12.7. The third-order valence-electron chi connectivity index (χ3n) is 3.01. The molecular weight excluding hydrogens is 255 g/mol. The average molecular weight is 273 g/mol. The quantitative estimate of drug-likeness (QED) is 0.640. The third kappa shape index (κ3) is 4.15. The first-order valence-electron chi connectivity index (χ1n) is 5.96. The number of rotatable bonds is 5. The number of hydrogen-bond donors (Lipinski definition) is 2. The van der Waals surface area contributed by atoms with E-state index in [-0.39, 0.29) is 6.54 Å². The van der Waals surface area contributed by atoms with Crippen LogP contribution in [0.15, 0.2) is 24.3 Å². The zero-order valence-corrected chi connectivity index (χ0v) is 11.0. The second kappa shape index (κ2) is 5.95. The lowest BCUT2D eigenvalue weighted by Crippen LogP contribution is -2.43. The summed E-state index contributed by atoms with van der Waals surface area (Å²) in [5.41, 5.74) is 6.83. The Morgan fingerprint density at radius 1 is 1.32 bits per heavy atom. The Labute approximate surface area is 110 Å². The van der Waals surface area contributed by atoms with Crippen LogP contribution in [0, 0.1) is 11.3 Å². The summed E-state index contributed by atoms with van der Waals surface area (Å²) < 4.78 is 38.2. The minimum absolute atomic E-state index is 0.357. The van der Waals surface area contributed by atoms with Crippen molar-refractivity contribution < 1.29 is 13.2 Å². The molecule has 0 radical (unpaired) electrons. The standard InChI is InChI=1S/C13H18F3N3/c1-3-9-4-6-10(7-5-9)19(2)8-11(12(17)18)13(14,15)16/h4-7,11H,3,8H2,1-2H3,(H3,17,18). The molecule has 1 rings (SSSR count). The van der Waals surface area contributed by atoms with Gasteiger partial charge in [-0.1, -0.05) is 19.1 Å². The van der Waals surface area contributed by atoms with Gasteiger partial charge < -0.3 is 10.6 Å². The molecular formula is C13H18F3N3. The number of nitrogens with two attached hydrogens (primary N) is 1. The molecule has 0 saturated carbocycles. The van der Waals surface area contributed by atoms with Crippen LogP contribution >= 0.6 is 0 Å². The summed E-state index contributed by atoms with van der Waals surface area (Å²) in [6.07, 6.45) is -3.62. The first-order valence-corrected chi connectivity index (χ1v) is 5.96. The fraction of sp³-hybridized carbons (Fsp3) is 0.462. The molecule has 1 unspecified atom stereocenters. The molecule has 1 atom stereocenters. The van der Waals surface area contributed by atoms with Crippen molar-refractivity contribution in [3.8, 4) is 0 Å². The summed E-state index contributed by atoms with van der Waals surface area (Å²) in [7, 11) is 1.56. The Morgan fingerprint density at radius 3 is 2.21 bits per heavy atom. The molecule has 3 N–H and O–H groups in total. The van der Waals surface area contributed by atoms with Crippen LogP contribution in [0.25, 0.3) is 0 Å². The summed E-state index contributed by atoms with van der Waals surface area (Å²) in [4.78, 5) is 1.46. The van der Waals surface area contributed by atoms with Gasteiger partial charge in [0.15, 0.2) is 0 Å². The van der Waals surface area contributed by atoms with Gasteiger partial charge in [-0.3, -0.25) is 5.41 Å². The Morgan fingerprint density at radius 2 is 1.84 bits per heavy atom. The Kier molecular flexibility index (Phi) is 4.80. The van der Waals surface area contributed by atoms with Crippen molar-refractivity contribution in [3.05, 3.63) is 29.8 Å². The van der Waals surface area contributed by atoms with E-state index >= 15 is 0 Å². The van der Waals surface area contributed by atoms with Crippen LogP contribution in [0.5, 0.6) is 0 Å². The minimum Gasteiger partial charge on any atom is -0.387 e. The zero-order chi connectivity index (χ0) is 14.6. The largest absolute Gasteiger partial charge is 0.400 e. The SMILES string of the molecule is CCc1ccc(N(C)CC(C(=N)N)C(F)(F)F)cc1. The molecule has 6 heteroatoms. The molecule has 0 spiro atoms. The topological polar surface area (TPSA) is 53.1 Å². The summed E-state index contributed by atoms with van der Waals surface area (Å²) in [5.74, 6) is -2.80. The highest BCUT2D eigenvalue weighted by molar-refractivity contribution is 5.81. The third-order valence-corrected chi connectivity index (χ3v) is 3.01. The Bertz CT molecular complexity index is 426. The molecule has 0 aromatic heterocycles. The van der Waals surface area contributed by atoms with Crippen molar-refractivity contribution in [1.82, 2.24) is 0 Å². The number of hydrogen-bond acceptors (Lipinski definition) is 2. The highest BCUT2D eigenvalue weighted by Gasteiger charge is 2.42. The molecule has 19 heavy (non-hydrogen) atoms. The predicted molar refractivity (Wildman–Crippen MR) is 70.5 cm³/mol. The van der Waals surface area contributed by atoms with Crippen LogP contribution in [0.1, 0.15) is 12.5 Å². The van der Waals surface area contributed by atoms with E-state index in [4.69, 9.17) is 11.1 Å². The number of amidine groups is 1. The normalized spacial score (nSPS) is 13.1. The Hall–Kier alpha value is -1.72. The maximum Gasteiger partial charge on any atom is 0.400 e. The molecule has 0 aliphatic rings. The van der Waals surface area contributed by atoms with Gasteiger partial charge in [0.1, 0.15) is 11.8 Å². The molecule has 0 fully saturated rings. The molecule has 1 aromatic carbocycles. The van der Waals surface area contributed by atoms with Gasteiger partial charge in [-0.25, -0.2) is 0 Å². The fourth-order valence-corrected chi connectivity index (χ4v) is 1.74. The van der Waals surface area contributed by atoms with Crippen molar-refractivity contribution >= 4 is 11.5 Å². The van der Waals surface area contributed by atoms with Gasteiger partial charge in [0.25, 0.3) is 0 Å². The van der Waals surface area contributed by atoms with E-state index in [0.29, 0.717) is 5.69 Å². The van der Waals surface area contributed by atoms with E-state index in [9.17, 15) is 13.2 Å². The van der Waals surface area contributed by atoms with Gasteiger partial charge in [0, 0.05) is 19.3 Å². The zero-order valence-electron chi connectivity index (χ0n) is 11.0. The van der Waals surface area contributed by atoms with Crippen molar-refractivity contribution in [2.75, 3.05) is 18.5 Å². The van der Waals surface area contributed by atoms with Crippen molar-refractivity contribution in [2.45, 2.75) is 19.5 Å². The van der Waals surface area contributed by atoms with Crippen molar-refractivity contribution in [2.24, 2.45) is 11.7 Å². The van der Waals surface area contributed by atoms with Gasteiger partial charge in [0.2, 0.25) is 0 Å². The number of halogens is 3. The maximum absolute atomic E-state index is 12.7. The summed E-state index contributed by atoms with van der Waals surface area (Å²) in [6.45, 7) is 1.65. The number of anilines is 1. The minimum atomic E-state index is -4.50. The van der Waals surface area contributed by atoms with Crippen molar-refractivity contribution in [3.63, 3.8) is 0 Å². The van der Waals surface area contributed by atoms with E-state index in [0.717, 1.165) is 12.0 Å². The molecule has 3 nitrogen and oxygen atoms in total. The Balaban J connectivity index is 2.81. The summed E-state index contributed by atoms with van der Waals surface area (Å²) in [5, 5.41) is 7.06. The van der Waals surface area contributed by atoms with Crippen LogP contribution in [0.2, 0.25) is 0 Å². The van der Waals surface area contributed by atoms with E-state index in [1.54, 1.807) is 19.2 Å². The monoisotopic (exact) mass is 273 g/mol. The van der Waals surface area contributed by atoms with Gasteiger partial charge in [-0.05, 0) is 24.1 Å². The number of aryl methyl sites for hydroxylation is 1. The second-order valence-corrected chi connectivity index (χ2v) is 4.45. The van der Waals surface area contributed by atoms with Crippen LogP contribution in [-0.4, -0.2) is 25.6 Å². The molecule has 0 bridgehead atoms. The summed E-state index contributed by atoms with van der Waals surface area (Å²) >= 11 is 0. The number of nitrogens with zero attached hydrogens (tertiary/aromatic N) is 1. The summed E-state index contributed by atoms with van der Waals surface area (Å²) in [6, 6.07) is 7.29. The number of alkyl halides is 3. The highest BCUT2D eigenvalue weighted by atomic mass is 19.4. The fourth-order valence-electron chi connectivity index (χ4n) is 1.74. The van der Waals surface area contributed by atoms with E-state index in [1.807, 2.05) is 19.1 Å². The first kappa shape index (κ1) is 15.3. The van der Waals surface area contributed by atoms with Crippen LogP contribution in [0.3, 0.4) is 0 Å². The highest BCUT2D eigenvalue weighted by Crippen LogP contribution is 2.28. The smallest absolute Gasteiger partial charge is 0.387 e. The van der Waals surface area contributed by atoms with E-state index in [1.165, 1.54) is 4.90 Å². The molecule has 0 amide bonds. The van der Waals surface area contributed by atoms with Crippen LogP contribution < -0.4 is 10.6 Å². The molecule has 0 aliphatic heterocycles. The lowest BCUT2D eigenvalue weighted by molar-refractivity contribution is -0.153. The number of benzene rings is 1. The molecule has 106 valence electrons. The van der Waals surface area contributed by atoms with Gasteiger partial charge in [0.05, 0.1) is 0 Å². The lowest BCUT2D eigenvalue weighted by atomic mass is 10.1. The van der Waals surface area contributed by atoms with Crippen LogP contribution in [-0.2, 0) is 6.42 Å². The lowest BCUT2D eigenvalue weighted by Gasteiger charge is -2.26. The van der Waals surface area contributed by atoms with E-state index < -0.39 is 17.9 Å². The molecule has 0 heterocycles. The number of nitrogens with one attached hydrogen (secondary N) is 1. The van der Waals surface area contributed by atoms with Crippen molar-refractivity contribution in [1.29, 1.82) is 5.41 Å².